The van der Waals surface area contributed by atoms with Crippen LogP contribution in [0.5, 0.6) is 0 Å². The Labute approximate surface area is 98.2 Å². The second-order valence-electron chi connectivity index (χ2n) is 5.04. The van der Waals surface area contributed by atoms with Crippen molar-refractivity contribution in [1.82, 2.24) is 10.2 Å². The van der Waals surface area contributed by atoms with Crippen LogP contribution in [0.25, 0.3) is 0 Å². The topological polar surface area (TPSA) is 15.3 Å². The van der Waals surface area contributed by atoms with Crippen LogP contribution in [0.3, 0.4) is 0 Å². The minimum absolute atomic E-state index is 0.621. The monoisotopic (exact) mass is 228 g/mol. The van der Waals surface area contributed by atoms with Gasteiger partial charge in [0.1, 0.15) is 0 Å². The summed E-state index contributed by atoms with van der Waals surface area (Å²) in [4.78, 5) is 2.68. The fourth-order valence-corrected chi connectivity index (χ4v) is 3.73. The molecule has 1 N–H and O–H groups in total. The highest BCUT2D eigenvalue weighted by atomic mass is 32.2. The fraction of sp³-hybridized carbons (Fsp3) is 1.00. The number of thioether (sulfide) groups is 1. The first-order valence-corrected chi connectivity index (χ1v) is 7.51. The highest BCUT2D eigenvalue weighted by Gasteiger charge is 2.38. The predicted octanol–water partition coefficient (Wildman–Crippen LogP) is 1.96. The van der Waals surface area contributed by atoms with E-state index in [9.17, 15) is 0 Å². The van der Waals surface area contributed by atoms with Gasteiger partial charge in [-0.2, -0.15) is 11.8 Å². The third-order valence-electron chi connectivity index (χ3n) is 4.04. The van der Waals surface area contributed by atoms with E-state index in [0.29, 0.717) is 4.75 Å². The number of rotatable bonds is 4. The van der Waals surface area contributed by atoms with Crippen molar-refractivity contribution >= 4 is 11.8 Å². The van der Waals surface area contributed by atoms with Crippen molar-refractivity contribution in [2.24, 2.45) is 0 Å². The molecule has 1 atom stereocenters. The standard InChI is InChI=1S/C12H24N2S/c1-3-11-9-14(8-7-13-11)10-12(15-2)5-4-6-12/h11,13H,3-10H2,1-2H3. The Hall–Kier alpha value is 0.270. The van der Waals surface area contributed by atoms with Gasteiger partial charge in [0.25, 0.3) is 0 Å². The number of hydrogen-bond donors (Lipinski definition) is 1. The van der Waals surface area contributed by atoms with Crippen molar-refractivity contribution in [3.05, 3.63) is 0 Å². The average Bonchev–Trinajstić information content (AvgIpc) is 2.24. The zero-order chi connectivity index (χ0) is 10.7. The average molecular weight is 228 g/mol. The van der Waals surface area contributed by atoms with E-state index in [2.05, 4.69) is 35.2 Å². The van der Waals surface area contributed by atoms with E-state index in [1.54, 1.807) is 0 Å². The van der Waals surface area contributed by atoms with Gasteiger partial charge in [0.2, 0.25) is 0 Å². The Balaban J connectivity index is 1.82. The van der Waals surface area contributed by atoms with Crippen molar-refractivity contribution < 1.29 is 0 Å². The molecule has 1 aliphatic carbocycles. The Morgan fingerprint density at radius 3 is 2.80 bits per heavy atom. The molecule has 2 nitrogen and oxygen atoms in total. The smallest absolute Gasteiger partial charge is 0.0284 e. The molecule has 15 heavy (non-hydrogen) atoms. The molecule has 1 aliphatic heterocycles. The summed E-state index contributed by atoms with van der Waals surface area (Å²) in [5.41, 5.74) is 0. The maximum atomic E-state index is 3.59. The molecule has 88 valence electrons. The molecule has 2 fully saturated rings. The summed E-state index contributed by atoms with van der Waals surface area (Å²) in [7, 11) is 0. The van der Waals surface area contributed by atoms with E-state index < -0.39 is 0 Å². The highest BCUT2D eigenvalue weighted by molar-refractivity contribution is 8.00. The number of piperazine rings is 1. The van der Waals surface area contributed by atoms with E-state index in [0.717, 1.165) is 6.04 Å². The van der Waals surface area contributed by atoms with E-state index in [1.807, 2.05) is 0 Å². The van der Waals surface area contributed by atoms with Crippen LogP contribution < -0.4 is 5.32 Å². The molecule has 1 unspecified atom stereocenters. The van der Waals surface area contributed by atoms with Crippen LogP contribution in [-0.4, -0.2) is 48.1 Å². The normalized spacial score (nSPS) is 31.2. The highest BCUT2D eigenvalue weighted by Crippen LogP contribution is 2.43. The lowest BCUT2D eigenvalue weighted by atomic mass is 9.83. The molecule has 0 amide bonds. The first-order chi connectivity index (χ1) is 7.28. The molecule has 0 spiro atoms. The Kier molecular flexibility index (Phi) is 3.97. The summed E-state index contributed by atoms with van der Waals surface area (Å²) in [6, 6.07) is 0.734. The van der Waals surface area contributed by atoms with Crippen LogP contribution >= 0.6 is 11.8 Å². The molecular weight excluding hydrogens is 204 g/mol. The first kappa shape index (κ1) is 11.7. The number of nitrogens with one attached hydrogen (secondary N) is 1. The maximum absolute atomic E-state index is 3.59. The molecule has 0 aromatic heterocycles. The zero-order valence-corrected chi connectivity index (χ0v) is 10.9. The summed E-state index contributed by atoms with van der Waals surface area (Å²) in [6.45, 7) is 7.31. The number of hydrogen-bond acceptors (Lipinski definition) is 3. The zero-order valence-electron chi connectivity index (χ0n) is 10.1. The number of nitrogens with zero attached hydrogens (tertiary/aromatic N) is 1. The molecule has 2 aliphatic rings. The quantitative estimate of drug-likeness (QED) is 0.792. The van der Waals surface area contributed by atoms with Crippen LogP contribution in [0.15, 0.2) is 0 Å². The lowest BCUT2D eigenvalue weighted by molar-refractivity contribution is 0.155. The van der Waals surface area contributed by atoms with Gasteiger partial charge >= 0.3 is 0 Å². The molecule has 1 heterocycles. The molecule has 0 bridgehead atoms. The molecule has 0 radical (unpaired) electrons. The first-order valence-electron chi connectivity index (χ1n) is 6.29. The summed E-state index contributed by atoms with van der Waals surface area (Å²) in [5.74, 6) is 0. The molecule has 3 heteroatoms. The van der Waals surface area contributed by atoms with E-state index in [1.165, 1.54) is 51.9 Å². The van der Waals surface area contributed by atoms with Crippen molar-refractivity contribution in [1.29, 1.82) is 0 Å². The minimum Gasteiger partial charge on any atom is -0.311 e. The summed E-state index contributed by atoms with van der Waals surface area (Å²) in [6.07, 6.45) is 7.88. The molecular formula is C12H24N2S. The fourth-order valence-electron chi connectivity index (χ4n) is 2.72. The second kappa shape index (κ2) is 5.07. The third kappa shape index (κ3) is 2.69. The van der Waals surface area contributed by atoms with Gasteiger partial charge in [0, 0.05) is 37.0 Å². The van der Waals surface area contributed by atoms with Crippen LogP contribution in [-0.2, 0) is 0 Å². The van der Waals surface area contributed by atoms with E-state index >= 15 is 0 Å². The largest absolute Gasteiger partial charge is 0.311 e. The van der Waals surface area contributed by atoms with Gasteiger partial charge in [-0.05, 0) is 25.5 Å². The van der Waals surface area contributed by atoms with E-state index in [-0.39, 0.29) is 0 Å². The molecule has 0 aromatic carbocycles. The van der Waals surface area contributed by atoms with Gasteiger partial charge in [-0.1, -0.05) is 13.3 Å². The van der Waals surface area contributed by atoms with E-state index in [4.69, 9.17) is 0 Å². The summed E-state index contributed by atoms with van der Waals surface area (Å²) < 4.78 is 0.621. The predicted molar refractivity (Wildman–Crippen MR) is 68.6 cm³/mol. The minimum atomic E-state index is 0.621. The van der Waals surface area contributed by atoms with Gasteiger partial charge in [0.15, 0.2) is 0 Å². The van der Waals surface area contributed by atoms with Crippen molar-refractivity contribution in [3.63, 3.8) is 0 Å². The van der Waals surface area contributed by atoms with Gasteiger partial charge in [-0.15, -0.1) is 0 Å². The molecule has 1 saturated carbocycles. The van der Waals surface area contributed by atoms with Gasteiger partial charge in [-0.3, -0.25) is 4.90 Å². The lowest BCUT2D eigenvalue weighted by Crippen LogP contribution is -2.55. The molecule has 0 aromatic rings. The van der Waals surface area contributed by atoms with Gasteiger partial charge in [-0.25, -0.2) is 0 Å². The van der Waals surface area contributed by atoms with Crippen LogP contribution in [0.1, 0.15) is 32.6 Å². The van der Waals surface area contributed by atoms with Gasteiger partial charge in [0.05, 0.1) is 0 Å². The second-order valence-corrected chi connectivity index (χ2v) is 6.31. The van der Waals surface area contributed by atoms with Crippen molar-refractivity contribution in [2.45, 2.75) is 43.4 Å². The summed E-state index contributed by atoms with van der Waals surface area (Å²) in [5, 5.41) is 3.59. The van der Waals surface area contributed by atoms with Crippen LogP contribution in [0.4, 0.5) is 0 Å². The Morgan fingerprint density at radius 1 is 1.47 bits per heavy atom. The van der Waals surface area contributed by atoms with Crippen LogP contribution in [0, 0.1) is 0 Å². The Bertz CT molecular complexity index is 198. The SMILES string of the molecule is CCC1CN(CC2(SC)CCC2)CCN1. The van der Waals surface area contributed by atoms with Gasteiger partial charge < -0.3 is 5.32 Å². The molecule has 2 rings (SSSR count). The molecule has 1 saturated heterocycles. The van der Waals surface area contributed by atoms with Crippen molar-refractivity contribution in [2.75, 3.05) is 32.4 Å². The third-order valence-corrected chi connectivity index (χ3v) is 5.45. The Morgan fingerprint density at radius 2 is 2.27 bits per heavy atom. The van der Waals surface area contributed by atoms with Crippen molar-refractivity contribution in [3.8, 4) is 0 Å². The summed E-state index contributed by atoms with van der Waals surface area (Å²) >= 11 is 2.10. The van der Waals surface area contributed by atoms with Crippen LogP contribution in [0.2, 0.25) is 0 Å². The lowest BCUT2D eigenvalue weighted by Gasteiger charge is -2.46. The maximum Gasteiger partial charge on any atom is 0.0284 e.